The lowest BCUT2D eigenvalue weighted by atomic mass is 9.79. The van der Waals surface area contributed by atoms with E-state index >= 15 is 0 Å². The van der Waals surface area contributed by atoms with E-state index in [0.717, 1.165) is 16.8 Å². The molecular weight excluding hydrogens is 315 g/mol. The highest BCUT2D eigenvalue weighted by Crippen LogP contribution is 2.38. The van der Waals surface area contributed by atoms with E-state index in [1.165, 1.54) is 0 Å². The van der Waals surface area contributed by atoms with Gasteiger partial charge in [-0.05, 0) is 63.8 Å². The fourth-order valence-electron chi connectivity index (χ4n) is 2.68. The Hall–Kier alpha value is -1.98. The minimum absolute atomic E-state index is 0.374. The first-order valence-corrected chi connectivity index (χ1v) is 8.50. The van der Waals surface area contributed by atoms with Gasteiger partial charge in [0.25, 0.3) is 0 Å². The number of ether oxygens (including phenoxy) is 2. The van der Waals surface area contributed by atoms with Crippen molar-refractivity contribution >= 4 is 12.6 Å². The molecule has 1 heterocycles. The zero-order chi connectivity index (χ0) is 18.2. The molecule has 1 saturated heterocycles. The zero-order valence-electron chi connectivity index (χ0n) is 15.8. The SMILES string of the molecule is COc1cc(B2OC(C)(C)C(C)(C)O2)ccc1Oc1ccccc1C. The van der Waals surface area contributed by atoms with Crippen molar-refractivity contribution in [2.75, 3.05) is 7.11 Å². The third kappa shape index (κ3) is 3.39. The first kappa shape index (κ1) is 17.8. The van der Waals surface area contributed by atoms with Crippen LogP contribution >= 0.6 is 0 Å². The van der Waals surface area contributed by atoms with Crippen molar-refractivity contribution in [3.8, 4) is 17.2 Å². The lowest BCUT2D eigenvalue weighted by Gasteiger charge is -2.32. The molecule has 0 N–H and O–H groups in total. The number of rotatable bonds is 4. The van der Waals surface area contributed by atoms with Crippen molar-refractivity contribution < 1.29 is 18.8 Å². The van der Waals surface area contributed by atoms with E-state index in [2.05, 4.69) is 0 Å². The number of methoxy groups -OCH3 is 1. The second kappa shape index (κ2) is 6.39. The molecule has 0 atom stereocenters. The summed E-state index contributed by atoms with van der Waals surface area (Å²) in [6.07, 6.45) is 0. The van der Waals surface area contributed by atoms with E-state index in [-0.39, 0.29) is 11.2 Å². The predicted molar refractivity (Wildman–Crippen MR) is 100.0 cm³/mol. The topological polar surface area (TPSA) is 36.9 Å². The van der Waals surface area contributed by atoms with Gasteiger partial charge in [0, 0.05) is 0 Å². The Morgan fingerprint density at radius 2 is 1.48 bits per heavy atom. The Balaban J connectivity index is 1.87. The van der Waals surface area contributed by atoms with Gasteiger partial charge in [0.05, 0.1) is 18.3 Å². The third-order valence-electron chi connectivity index (χ3n) is 5.03. The van der Waals surface area contributed by atoms with Crippen molar-refractivity contribution in [1.29, 1.82) is 0 Å². The van der Waals surface area contributed by atoms with Gasteiger partial charge in [-0.15, -0.1) is 0 Å². The van der Waals surface area contributed by atoms with Crippen LogP contribution in [0.4, 0.5) is 0 Å². The van der Waals surface area contributed by atoms with Crippen LogP contribution in [0.3, 0.4) is 0 Å². The first-order valence-electron chi connectivity index (χ1n) is 8.50. The summed E-state index contributed by atoms with van der Waals surface area (Å²) < 4.78 is 23.8. The predicted octanol–water partition coefficient (Wildman–Crippen LogP) is 4.10. The van der Waals surface area contributed by atoms with Gasteiger partial charge in [-0.2, -0.15) is 0 Å². The largest absolute Gasteiger partial charge is 0.494 e. The normalized spacial score (nSPS) is 18.2. The second-order valence-corrected chi connectivity index (χ2v) is 7.37. The highest BCUT2D eigenvalue weighted by molar-refractivity contribution is 6.62. The fraction of sp³-hybridized carbons (Fsp3) is 0.400. The lowest BCUT2D eigenvalue weighted by molar-refractivity contribution is 0.00578. The van der Waals surface area contributed by atoms with Crippen molar-refractivity contribution in [3.05, 3.63) is 48.0 Å². The van der Waals surface area contributed by atoms with Gasteiger partial charge in [0.2, 0.25) is 0 Å². The molecule has 0 unspecified atom stereocenters. The summed E-state index contributed by atoms with van der Waals surface area (Å²) in [5.41, 5.74) is 1.23. The molecule has 3 rings (SSSR count). The number of hydrogen-bond donors (Lipinski definition) is 0. The summed E-state index contributed by atoms with van der Waals surface area (Å²) in [6, 6.07) is 13.7. The summed E-state index contributed by atoms with van der Waals surface area (Å²) in [5.74, 6) is 2.12. The van der Waals surface area contributed by atoms with Crippen LogP contribution in [0.1, 0.15) is 33.3 Å². The standard InChI is InChI=1S/C20H25BO4/c1-14-9-7-8-10-16(14)23-17-12-11-15(13-18(17)22-6)21-24-19(2,3)20(4,5)25-21/h7-13H,1-6H3. The molecule has 0 bridgehead atoms. The molecule has 0 aliphatic carbocycles. The van der Waals surface area contributed by atoms with Crippen LogP contribution in [-0.2, 0) is 9.31 Å². The van der Waals surface area contributed by atoms with E-state index in [1.807, 2.05) is 77.1 Å². The lowest BCUT2D eigenvalue weighted by Crippen LogP contribution is -2.41. The monoisotopic (exact) mass is 340 g/mol. The van der Waals surface area contributed by atoms with Gasteiger partial charge in [-0.3, -0.25) is 0 Å². The Bertz CT molecular complexity index is 754. The fourth-order valence-corrected chi connectivity index (χ4v) is 2.68. The van der Waals surface area contributed by atoms with Gasteiger partial charge < -0.3 is 18.8 Å². The molecule has 2 aromatic rings. The number of benzene rings is 2. The Morgan fingerprint density at radius 3 is 2.08 bits per heavy atom. The maximum atomic E-state index is 6.11. The molecule has 2 aromatic carbocycles. The Kier molecular flexibility index (Phi) is 4.56. The van der Waals surface area contributed by atoms with Gasteiger partial charge in [0.1, 0.15) is 5.75 Å². The molecule has 132 valence electrons. The van der Waals surface area contributed by atoms with Crippen LogP contribution < -0.4 is 14.9 Å². The molecular formula is C20H25BO4. The number of aryl methyl sites for hydroxylation is 1. The molecule has 0 amide bonds. The Morgan fingerprint density at radius 1 is 0.840 bits per heavy atom. The van der Waals surface area contributed by atoms with Crippen LogP contribution in [0.15, 0.2) is 42.5 Å². The smallest absolute Gasteiger partial charge is 0.493 e. The Labute approximate surface area is 150 Å². The molecule has 1 fully saturated rings. The first-order chi connectivity index (χ1) is 11.7. The minimum Gasteiger partial charge on any atom is -0.493 e. The summed E-state index contributed by atoms with van der Waals surface area (Å²) >= 11 is 0. The van der Waals surface area contributed by atoms with Gasteiger partial charge in [-0.1, -0.05) is 24.3 Å². The highest BCUT2D eigenvalue weighted by Gasteiger charge is 2.51. The molecule has 0 spiro atoms. The molecule has 0 radical (unpaired) electrons. The third-order valence-corrected chi connectivity index (χ3v) is 5.03. The van der Waals surface area contributed by atoms with Crippen molar-refractivity contribution in [2.24, 2.45) is 0 Å². The number of para-hydroxylation sites is 1. The molecule has 1 aliphatic heterocycles. The van der Waals surface area contributed by atoms with E-state index in [9.17, 15) is 0 Å². The van der Waals surface area contributed by atoms with Gasteiger partial charge in [-0.25, -0.2) is 0 Å². The molecule has 25 heavy (non-hydrogen) atoms. The maximum absolute atomic E-state index is 6.11. The highest BCUT2D eigenvalue weighted by atomic mass is 16.7. The molecule has 4 nitrogen and oxygen atoms in total. The zero-order valence-corrected chi connectivity index (χ0v) is 15.8. The summed E-state index contributed by atoms with van der Waals surface area (Å²) in [6.45, 7) is 10.2. The molecule has 1 aliphatic rings. The van der Waals surface area contributed by atoms with E-state index in [1.54, 1.807) is 7.11 Å². The van der Waals surface area contributed by atoms with Crippen LogP contribution in [-0.4, -0.2) is 25.4 Å². The van der Waals surface area contributed by atoms with Crippen LogP contribution in [0, 0.1) is 6.92 Å². The molecule has 5 heteroatoms. The summed E-state index contributed by atoms with van der Waals surface area (Å²) in [7, 11) is 1.21. The van der Waals surface area contributed by atoms with Crippen molar-refractivity contribution in [1.82, 2.24) is 0 Å². The van der Waals surface area contributed by atoms with Crippen LogP contribution in [0.2, 0.25) is 0 Å². The van der Waals surface area contributed by atoms with Gasteiger partial charge >= 0.3 is 7.12 Å². The van der Waals surface area contributed by atoms with Crippen LogP contribution in [0.5, 0.6) is 17.2 Å². The summed E-state index contributed by atoms with van der Waals surface area (Å²) in [4.78, 5) is 0. The van der Waals surface area contributed by atoms with Crippen molar-refractivity contribution in [2.45, 2.75) is 45.8 Å². The quantitative estimate of drug-likeness (QED) is 0.786. The molecule has 0 aromatic heterocycles. The number of hydrogen-bond acceptors (Lipinski definition) is 4. The van der Waals surface area contributed by atoms with E-state index in [0.29, 0.717) is 11.5 Å². The maximum Gasteiger partial charge on any atom is 0.494 e. The van der Waals surface area contributed by atoms with Crippen molar-refractivity contribution in [3.63, 3.8) is 0 Å². The average molecular weight is 340 g/mol. The van der Waals surface area contributed by atoms with Crippen LogP contribution in [0.25, 0.3) is 0 Å². The second-order valence-electron chi connectivity index (χ2n) is 7.37. The van der Waals surface area contributed by atoms with Gasteiger partial charge in [0.15, 0.2) is 11.5 Å². The van der Waals surface area contributed by atoms with E-state index < -0.39 is 7.12 Å². The average Bonchev–Trinajstić information content (AvgIpc) is 2.78. The van der Waals surface area contributed by atoms with E-state index in [4.69, 9.17) is 18.8 Å². The summed E-state index contributed by atoms with van der Waals surface area (Å²) in [5, 5.41) is 0. The molecule has 0 saturated carbocycles. The minimum atomic E-state index is -0.425.